The standard InChI is InChI=1S/C21H27N5O3S/c1-30(28,29)18-15-23-21(26-11-5-2-6-12-26)24-19(18)16-8-13-25(14-9-16)20(27)17-7-3-4-10-22-17/h3-4,7,10,15-16H,2,5-6,8-9,11-14H2,1H3. The van der Waals surface area contributed by atoms with E-state index in [1.807, 2.05) is 0 Å². The fraction of sp³-hybridized carbons (Fsp3) is 0.524. The number of amides is 1. The lowest BCUT2D eigenvalue weighted by atomic mass is 9.93. The smallest absolute Gasteiger partial charge is 0.272 e. The number of hydrogen-bond acceptors (Lipinski definition) is 7. The predicted octanol–water partition coefficient (Wildman–Crippen LogP) is 2.29. The Bertz CT molecular complexity index is 999. The summed E-state index contributed by atoms with van der Waals surface area (Å²) >= 11 is 0. The second-order valence-electron chi connectivity index (χ2n) is 8.02. The predicted molar refractivity (Wildman–Crippen MR) is 113 cm³/mol. The van der Waals surface area contributed by atoms with Crippen LogP contribution in [-0.4, -0.2) is 66.6 Å². The Kier molecular flexibility index (Phi) is 5.99. The molecule has 2 aromatic rings. The summed E-state index contributed by atoms with van der Waals surface area (Å²) in [6.45, 7) is 2.89. The van der Waals surface area contributed by atoms with Crippen molar-refractivity contribution in [2.24, 2.45) is 0 Å². The van der Waals surface area contributed by atoms with E-state index in [0.29, 0.717) is 43.3 Å². The lowest BCUT2D eigenvalue weighted by Gasteiger charge is -2.33. The summed E-state index contributed by atoms with van der Waals surface area (Å²) in [6.07, 6.45) is 9.01. The Labute approximate surface area is 177 Å². The van der Waals surface area contributed by atoms with Crippen LogP contribution in [0, 0.1) is 0 Å². The van der Waals surface area contributed by atoms with Crippen molar-refractivity contribution in [1.82, 2.24) is 19.9 Å². The Morgan fingerprint density at radius 3 is 2.40 bits per heavy atom. The van der Waals surface area contributed by atoms with Gasteiger partial charge in [-0.3, -0.25) is 9.78 Å². The zero-order chi connectivity index (χ0) is 21.1. The lowest BCUT2D eigenvalue weighted by molar-refractivity contribution is 0.0705. The monoisotopic (exact) mass is 429 g/mol. The lowest BCUT2D eigenvalue weighted by Crippen LogP contribution is -2.39. The van der Waals surface area contributed by atoms with Crippen LogP contribution in [0.25, 0.3) is 0 Å². The Morgan fingerprint density at radius 1 is 1.03 bits per heavy atom. The van der Waals surface area contributed by atoms with Gasteiger partial charge >= 0.3 is 0 Å². The number of anilines is 1. The van der Waals surface area contributed by atoms with Gasteiger partial charge in [0.1, 0.15) is 10.6 Å². The van der Waals surface area contributed by atoms with E-state index < -0.39 is 9.84 Å². The van der Waals surface area contributed by atoms with Gasteiger partial charge < -0.3 is 9.80 Å². The van der Waals surface area contributed by atoms with Gasteiger partial charge in [-0.25, -0.2) is 18.4 Å². The maximum atomic E-state index is 12.7. The average Bonchev–Trinajstić information content (AvgIpc) is 2.79. The summed E-state index contributed by atoms with van der Waals surface area (Å²) in [5.41, 5.74) is 1.03. The van der Waals surface area contributed by atoms with Gasteiger partial charge in [-0.15, -0.1) is 0 Å². The molecule has 2 saturated heterocycles. The zero-order valence-corrected chi connectivity index (χ0v) is 18.0. The highest BCUT2D eigenvalue weighted by Crippen LogP contribution is 2.32. The molecule has 2 aliphatic heterocycles. The number of rotatable bonds is 4. The van der Waals surface area contributed by atoms with Crippen LogP contribution in [0.2, 0.25) is 0 Å². The van der Waals surface area contributed by atoms with Crippen LogP contribution < -0.4 is 4.90 Å². The molecule has 0 spiro atoms. The fourth-order valence-electron chi connectivity index (χ4n) is 4.21. The van der Waals surface area contributed by atoms with Crippen LogP contribution in [-0.2, 0) is 9.84 Å². The van der Waals surface area contributed by atoms with Crippen molar-refractivity contribution in [3.05, 3.63) is 42.0 Å². The molecule has 0 bridgehead atoms. The molecule has 0 saturated carbocycles. The highest BCUT2D eigenvalue weighted by molar-refractivity contribution is 7.90. The third-order valence-corrected chi connectivity index (χ3v) is 6.97. The van der Waals surface area contributed by atoms with E-state index in [4.69, 9.17) is 4.98 Å². The Morgan fingerprint density at radius 2 is 1.77 bits per heavy atom. The van der Waals surface area contributed by atoms with Gasteiger partial charge in [0.05, 0.1) is 11.9 Å². The van der Waals surface area contributed by atoms with E-state index in [2.05, 4.69) is 14.9 Å². The summed E-state index contributed by atoms with van der Waals surface area (Å²) in [4.78, 5) is 30.0. The largest absolute Gasteiger partial charge is 0.341 e. The third-order valence-electron chi connectivity index (χ3n) is 5.86. The van der Waals surface area contributed by atoms with Crippen molar-refractivity contribution in [3.63, 3.8) is 0 Å². The van der Waals surface area contributed by atoms with Crippen molar-refractivity contribution >= 4 is 21.7 Å². The zero-order valence-electron chi connectivity index (χ0n) is 17.2. The number of pyridine rings is 1. The van der Waals surface area contributed by atoms with Crippen LogP contribution in [0.15, 0.2) is 35.5 Å². The fourth-order valence-corrected chi connectivity index (χ4v) is 5.04. The summed E-state index contributed by atoms with van der Waals surface area (Å²) in [7, 11) is -3.44. The van der Waals surface area contributed by atoms with Crippen LogP contribution in [0.3, 0.4) is 0 Å². The minimum Gasteiger partial charge on any atom is -0.341 e. The minimum absolute atomic E-state index is 0.0194. The Balaban J connectivity index is 1.55. The molecule has 2 aliphatic rings. The van der Waals surface area contributed by atoms with E-state index in [9.17, 15) is 13.2 Å². The number of aromatic nitrogens is 3. The summed E-state index contributed by atoms with van der Waals surface area (Å²) < 4.78 is 24.8. The molecule has 0 N–H and O–H groups in total. The first kappa shape index (κ1) is 20.7. The molecule has 2 fully saturated rings. The number of sulfone groups is 1. The number of piperidine rings is 2. The van der Waals surface area contributed by atoms with E-state index in [-0.39, 0.29) is 16.7 Å². The van der Waals surface area contributed by atoms with Crippen molar-refractivity contribution in [3.8, 4) is 0 Å². The van der Waals surface area contributed by atoms with E-state index >= 15 is 0 Å². The van der Waals surface area contributed by atoms with Crippen molar-refractivity contribution in [2.45, 2.75) is 42.9 Å². The van der Waals surface area contributed by atoms with Crippen molar-refractivity contribution < 1.29 is 13.2 Å². The molecule has 4 heterocycles. The minimum atomic E-state index is -3.44. The normalized spacial score (nSPS) is 18.4. The quantitative estimate of drug-likeness (QED) is 0.736. The second-order valence-corrected chi connectivity index (χ2v) is 10.0. The van der Waals surface area contributed by atoms with Gasteiger partial charge in [0.25, 0.3) is 5.91 Å². The highest BCUT2D eigenvalue weighted by atomic mass is 32.2. The molecule has 0 aliphatic carbocycles. The van der Waals surface area contributed by atoms with Crippen molar-refractivity contribution in [1.29, 1.82) is 0 Å². The van der Waals surface area contributed by atoms with E-state index in [1.54, 1.807) is 29.3 Å². The number of nitrogens with zero attached hydrogens (tertiary/aromatic N) is 5. The highest BCUT2D eigenvalue weighted by Gasteiger charge is 2.30. The van der Waals surface area contributed by atoms with Gasteiger partial charge in [0, 0.05) is 44.5 Å². The average molecular weight is 430 g/mol. The molecule has 160 valence electrons. The maximum absolute atomic E-state index is 12.7. The van der Waals surface area contributed by atoms with Crippen LogP contribution in [0.1, 0.15) is 54.2 Å². The number of likely N-dealkylation sites (tertiary alicyclic amines) is 1. The summed E-state index contributed by atoms with van der Waals surface area (Å²) in [5, 5.41) is 0. The molecule has 1 amide bonds. The van der Waals surface area contributed by atoms with Crippen molar-refractivity contribution in [2.75, 3.05) is 37.3 Å². The SMILES string of the molecule is CS(=O)(=O)c1cnc(N2CCCCC2)nc1C1CCN(C(=O)c2ccccn2)CC1. The molecule has 8 nitrogen and oxygen atoms in total. The number of hydrogen-bond donors (Lipinski definition) is 0. The van der Waals surface area contributed by atoms with Crippen LogP contribution in [0.4, 0.5) is 5.95 Å². The summed E-state index contributed by atoms with van der Waals surface area (Å²) in [6, 6.07) is 5.30. The first-order valence-electron chi connectivity index (χ1n) is 10.5. The van der Waals surface area contributed by atoms with E-state index in [0.717, 1.165) is 25.9 Å². The molecular weight excluding hydrogens is 402 g/mol. The molecule has 0 radical (unpaired) electrons. The number of carbonyl (C=O) groups excluding carboxylic acids is 1. The molecule has 0 unspecified atom stereocenters. The van der Waals surface area contributed by atoms with Gasteiger partial charge in [0.15, 0.2) is 9.84 Å². The molecule has 30 heavy (non-hydrogen) atoms. The van der Waals surface area contributed by atoms with Gasteiger partial charge in [-0.2, -0.15) is 0 Å². The third kappa shape index (κ3) is 4.45. The molecule has 0 atom stereocenters. The first-order valence-corrected chi connectivity index (χ1v) is 12.3. The van der Waals surface area contributed by atoms with Gasteiger partial charge in [-0.1, -0.05) is 6.07 Å². The molecule has 9 heteroatoms. The molecule has 0 aromatic carbocycles. The molecular formula is C21H27N5O3S. The maximum Gasteiger partial charge on any atom is 0.272 e. The van der Waals surface area contributed by atoms with E-state index in [1.165, 1.54) is 18.9 Å². The molecule has 2 aromatic heterocycles. The van der Waals surface area contributed by atoms with Gasteiger partial charge in [-0.05, 0) is 44.2 Å². The topological polar surface area (TPSA) is 96.4 Å². The Hall–Kier alpha value is -2.55. The molecule has 4 rings (SSSR count). The second kappa shape index (κ2) is 8.67. The first-order chi connectivity index (χ1) is 14.4. The van der Waals surface area contributed by atoms with Gasteiger partial charge in [0.2, 0.25) is 5.95 Å². The number of carbonyl (C=O) groups is 1. The van der Waals surface area contributed by atoms with Crippen LogP contribution >= 0.6 is 0 Å². The van der Waals surface area contributed by atoms with Crippen LogP contribution in [0.5, 0.6) is 0 Å². The summed E-state index contributed by atoms with van der Waals surface area (Å²) in [5.74, 6) is 0.507.